The second-order valence-electron chi connectivity index (χ2n) is 3.37. The summed E-state index contributed by atoms with van der Waals surface area (Å²) < 4.78 is 5.37. The topological polar surface area (TPSA) is 51.0 Å². The molecule has 0 fully saturated rings. The summed E-state index contributed by atoms with van der Waals surface area (Å²) in [6.07, 6.45) is 3.61. The number of thiazole rings is 1. The molecule has 2 heterocycles. The van der Waals surface area contributed by atoms with Crippen LogP contribution in [0.2, 0.25) is 0 Å². The van der Waals surface area contributed by atoms with E-state index >= 15 is 0 Å². The van der Waals surface area contributed by atoms with Crippen molar-refractivity contribution in [3.05, 3.63) is 34.4 Å². The Morgan fingerprint density at radius 3 is 3.00 bits per heavy atom. The van der Waals surface area contributed by atoms with Crippen LogP contribution in [0.15, 0.2) is 22.3 Å². The maximum Gasteiger partial charge on any atom is 0.208 e. The van der Waals surface area contributed by atoms with Crippen molar-refractivity contribution in [2.24, 2.45) is 0 Å². The molecule has 0 bridgehead atoms. The van der Waals surface area contributed by atoms with Gasteiger partial charge in [0, 0.05) is 17.1 Å². The molecule has 15 heavy (non-hydrogen) atoms. The Hall–Kier alpha value is -1.20. The van der Waals surface area contributed by atoms with Gasteiger partial charge in [0.2, 0.25) is 5.89 Å². The van der Waals surface area contributed by atoms with E-state index in [-0.39, 0.29) is 6.04 Å². The van der Waals surface area contributed by atoms with E-state index in [1.807, 2.05) is 18.6 Å². The van der Waals surface area contributed by atoms with Crippen LogP contribution < -0.4 is 5.32 Å². The third-order valence-electron chi connectivity index (χ3n) is 2.11. The predicted octanol–water partition coefficient (Wildman–Crippen LogP) is 2.29. The van der Waals surface area contributed by atoms with Crippen molar-refractivity contribution in [3.63, 3.8) is 0 Å². The van der Waals surface area contributed by atoms with Crippen molar-refractivity contribution in [2.75, 3.05) is 0 Å². The maximum absolute atomic E-state index is 5.37. The van der Waals surface area contributed by atoms with E-state index < -0.39 is 0 Å². The van der Waals surface area contributed by atoms with Crippen LogP contribution in [0.3, 0.4) is 0 Å². The fourth-order valence-corrected chi connectivity index (χ4v) is 1.92. The van der Waals surface area contributed by atoms with E-state index in [4.69, 9.17) is 4.42 Å². The van der Waals surface area contributed by atoms with E-state index in [9.17, 15) is 0 Å². The molecule has 1 N–H and O–H groups in total. The predicted molar refractivity (Wildman–Crippen MR) is 58.6 cm³/mol. The van der Waals surface area contributed by atoms with Crippen molar-refractivity contribution >= 4 is 11.3 Å². The molecule has 0 spiro atoms. The Labute approximate surface area is 92.4 Å². The molecule has 0 radical (unpaired) electrons. The summed E-state index contributed by atoms with van der Waals surface area (Å²) in [6, 6.07) is 0.282. The van der Waals surface area contributed by atoms with Gasteiger partial charge in [-0.1, -0.05) is 0 Å². The number of hydrogen-bond donors (Lipinski definition) is 1. The molecule has 0 saturated carbocycles. The van der Waals surface area contributed by atoms with Crippen LogP contribution in [-0.2, 0) is 6.54 Å². The molecule has 0 amide bonds. The fourth-order valence-electron chi connectivity index (χ4n) is 1.26. The van der Waals surface area contributed by atoms with Gasteiger partial charge in [-0.25, -0.2) is 4.98 Å². The van der Waals surface area contributed by atoms with Crippen LogP contribution >= 0.6 is 11.3 Å². The number of nitrogens with one attached hydrogen (secondary N) is 1. The lowest BCUT2D eigenvalue weighted by Crippen LogP contribution is -2.17. The van der Waals surface area contributed by atoms with Crippen molar-refractivity contribution in [2.45, 2.75) is 26.4 Å². The SMILES string of the molecule is Cc1cnc(CNC(C)c2cncs2)o1. The molecule has 2 rings (SSSR count). The molecular formula is C10H13N3OS. The van der Waals surface area contributed by atoms with Gasteiger partial charge in [0.15, 0.2) is 0 Å². The van der Waals surface area contributed by atoms with Crippen LogP contribution in [0.1, 0.15) is 29.5 Å². The number of aryl methyl sites for hydroxylation is 1. The Balaban J connectivity index is 1.88. The largest absolute Gasteiger partial charge is 0.445 e. The third-order valence-corrected chi connectivity index (χ3v) is 3.07. The first-order chi connectivity index (χ1) is 7.25. The first-order valence-corrected chi connectivity index (χ1v) is 5.67. The van der Waals surface area contributed by atoms with Gasteiger partial charge in [0.1, 0.15) is 5.76 Å². The highest BCUT2D eigenvalue weighted by molar-refractivity contribution is 7.09. The maximum atomic E-state index is 5.37. The molecule has 0 aromatic carbocycles. The van der Waals surface area contributed by atoms with Gasteiger partial charge in [-0.05, 0) is 13.8 Å². The van der Waals surface area contributed by atoms with E-state index in [1.54, 1.807) is 17.5 Å². The second-order valence-corrected chi connectivity index (χ2v) is 4.29. The molecular weight excluding hydrogens is 210 g/mol. The highest BCUT2D eigenvalue weighted by Crippen LogP contribution is 2.16. The zero-order valence-corrected chi connectivity index (χ0v) is 9.54. The molecule has 0 aliphatic rings. The summed E-state index contributed by atoms with van der Waals surface area (Å²) in [5.41, 5.74) is 1.84. The highest BCUT2D eigenvalue weighted by atomic mass is 32.1. The summed E-state index contributed by atoms with van der Waals surface area (Å²) in [5.74, 6) is 1.57. The minimum absolute atomic E-state index is 0.282. The lowest BCUT2D eigenvalue weighted by Gasteiger charge is -2.08. The lowest BCUT2D eigenvalue weighted by molar-refractivity contribution is 0.433. The Morgan fingerprint density at radius 2 is 2.40 bits per heavy atom. The fraction of sp³-hybridized carbons (Fsp3) is 0.400. The standard InChI is InChI=1S/C10H13N3OS/c1-7-3-13-10(14-7)5-12-8(2)9-4-11-6-15-9/h3-4,6,8,12H,5H2,1-2H3. The normalized spacial score (nSPS) is 12.9. The van der Waals surface area contributed by atoms with Crippen molar-refractivity contribution in [1.82, 2.24) is 15.3 Å². The van der Waals surface area contributed by atoms with Crippen molar-refractivity contribution in [3.8, 4) is 0 Å². The minimum Gasteiger partial charge on any atom is -0.445 e. The second kappa shape index (κ2) is 4.55. The van der Waals surface area contributed by atoms with Gasteiger partial charge >= 0.3 is 0 Å². The average molecular weight is 223 g/mol. The molecule has 5 heteroatoms. The quantitative estimate of drug-likeness (QED) is 0.864. The first kappa shape index (κ1) is 10.3. The molecule has 0 saturated heterocycles. The highest BCUT2D eigenvalue weighted by Gasteiger charge is 2.07. The van der Waals surface area contributed by atoms with Crippen LogP contribution in [0.25, 0.3) is 0 Å². The summed E-state index contributed by atoms with van der Waals surface area (Å²) >= 11 is 1.65. The Morgan fingerprint density at radius 1 is 1.53 bits per heavy atom. The number of nitrogens with zero attached hydrogens (tertiary/aromatic N) is 2. The molecule has 0 aliphatic heterocycles. The van der Waals surface area contributed by atoms with E-state index in [2.05, 4.69) is 22.2 Å². The zero-order valence-electron chi connectivity index (χ0n) is 8.73. The van der Waals surface area contributed by atoms with Crippen molar-refractivity contribution < 1.29 is 4.42 Å². The minimum atomic E-state index is 0.282. The number of oxazole rings is 1. The molecule has 4 nitrogen and oxygen atoms in total. The van der Waals surface area contributed by atoms with E-state index in [1.165, 1.54) is 4.88 Å². The van der Waals surface area contributed by atoms with Crippen LogP contribution in [0.5, 0.6) is 0 Å². The summed E-state index contributed by atoms with van der Waals surface area (Å²) in [4.78, 5) is 9.39. The van der Waals surface area contributed by atoms with Crippen LogP contribution in [-0.4, -0.2) is 9.97 Å². The number of aromatic nitrogens is 2. The average Bonchev–Trinajstić information content (AvgIpc) is 2.84. The summed E-state index contributed by atoms with van der Waals surface area (Å²) in [7, 11) is 0. The molecule has 1 atom stereocenters. The lowest BCUT2D eigenvalue weighted by atomic mass is 10.3. The third kappa shape index (κ3) is 2.64. The Bertz CT molecular complexity index is 410. The smallest absolute Gasteiger partial charge is 0.208 e. The molecule has 2 aromatic heterocycles. The van der Waals surface area contributed by atoms with Gasteiger partial charge in [0.25, 0.3) is 0 Å². The van der Waals surface area contributed by atoms with Crippen LogP contribution in [0.4, 0.5) is 0 Å². The van der Waals surface area contributed by atoms with Crippen LogP contribution in [0, 0.1) is 6.92 Å². The zero-order chi connectivity index (χ0) is 10.7. The van der Waals surface area contributed by atoms with Gasteiger partial charge in [0.05, 0.1) is 18.3 Å². The van der Waals surface area contributed by atoms with Gasteiger partial charge in [-0.3, -0.25) is 4.98 Å². The van der Waals surface area contributed by atoms with Crippen molar-refractivity contribution in [1.29, 1.82) is 0 Å². The summed E-state index contributed by atoms with van der Waals surface area (Å²) in [6.45, 7) is 4.64. The number of rotatable bonds is 4. The van der Waals surface area contributed by atoms with Gasteiger partial charge in [-0.2, -0.15) is 0 Å². The van der Waals surface area contributed by atoms with E-state index in [0.717, 1.165) is 11.7 Å². The van der Waals surface area contributed by atoms with Gasteiger partial charge in [-0.15, -0.1) is 11.3 Å². The molecule has 2 aromatic rings. The molecule has 80 valence electrons. The molecule has 1 unspecified atom stereocenters. The van der Waals surface area contributed by atoms with E-state index in [0.29, 0.717) is 6.54 Å². The van der Waals surface area contributed by atoms with Gasteiger partial charge < -0.3 is 9.73 Å². The Kier molecular flexibility index (Phi) is 3.13. The summed E-state index contributed by atoms with van der Waals surface area (Å²) in [5, 5.41) is 3.33. The molecule has 0 aliphatic carbocycles. The first-order valence-electron chi connectivity index (χ1n) is 4.79. The number of hydrogen-bond acceptors (Lipinski definition) is 5. The monoisotopic (exact) mass is 223 g/mol.